The number of sulfonamides is 1. The van der Waals surface area contributed by atoms with Crippen LogP contribution in [0, 0.1) is 12.7 Å². The second kappa shape index (κ2) is 8.85. The van der Waals surface area contributed by atoms with E-state index in [9.17, 15) is 17.6 Å². The Labute approximate surface area is 159 Å². The standard InChI is InChI=1S/C19H23FN2O4S/c1-14-7-4-5-10-18(14)26-13-15(2)21-19(23)12-22(27(3,24)25)17-9-6-8-16(20)11-17/h4-11,15H,12-13H2,1-3H3,(H,21,23)/t15-/m0/s1. The van der Waals surface area contributed by atoms with Gasteiger partial charge in [-0.15, -0.1) is 0 Å². The van der Waals surface area contributed by atoms with E-state index in [1.165, 1.54) is 18.2 Å². The molecule has 0 fully saturated rings. The summed E-state index contributed by atoms with van der Waals surface area (Å²) in [5.41, 5.74) is 1.07. The molecular formula is C19H23FN2O4S. The van der Waals surface area contributed by atoms with Crippen molar-refractivity contribution in [2.24, 2.45) is 0 Å². The lowest BCUT2D eigenvalue weighted by Gasteiger charge is -2.23. The number of anilines is 1. The van der Waals surface area contributed by atoms with E-state index in [0.717, 1.165) is 27.9 Å². The van der Waals surface area contributed by atoms with E-state index in [1.807, 2.05) is 31.2 Å². The van der Waals surface area contributed by atoms with E-state index < -0.39 is 28.3 Å². The Morgan fingerprint density at radius 2 is 1.93 bits per heavy atom. The third-order valence-corrected chi connectivity index (χ3v) is 4.91. The van der Waals surface area contributed by atoms with Gasteiger partial charge < -0.3 is 10.1 Å². The summed E-state index contributed by atoms with van der Waals surface area (Å²) in [4.78, 5) is 12.3. The number of benzene rings is 2. The molecular weight excluding hydrogens is 371 g/mol. The van der Waals surface area contributed by atoms with Gasteiger partial charge in [0, 0.05) is 0 Å². The lowest BCUT2D eigenvalue weighted by Crippen LogP contribution is -2.45. The van der Waals surface area contributed by atoms with Crippen molar-refractivity contribution in [3.63, 3.8) is 0 Å². The molecule has 2 rings (SSSR count). The van der Waals surface area contributed by atoms with Crippen LogP contribution in [-0.2, 0) is 14.8 Å². The lowest BCUT2D eigenvalue weighted by atomic mass is 10.2. The van der Waals surface area contributed by atoms with Crippen LogP contribution in [0.25, 0.3) is 0 Å². The summed E-state index contributed by atoms with van der Waals surface area (Å²) in [5.74, 6) is -0.372. The van der Waals surface area contributed by atoms with Crippen molar-refractivity contribution in [3.8, 4) is 5.75 Å². The van der Waals surface area contributed by atoms with Gasteiger partial charge in [0.25, 0.3) is 0 Å². The molecule has 0 spiro atoms. The minimum atomic E-state index is -3.75. The van der Waals surface area contributed by atoms with Crippen LogP contribution in [0.5, 0.6) is 5.75 Å². The normalized spacial score (nSPS) is 12.3. The topological polar surface area (TPSA) is 75.7 Å². The minimum absolute atomic E-state index is 0.0939. The van der Waals surface area contributed by atoms with Crippen molar-refractivity contribution in [2.45, 2.75) is 19.9 Å². The Morgan fingerprint density at radius 1 is 1.22 bits per heavy atom. The number of nitrogens with zero attached hydrogens (tertiary/aromatic N) is 1. The quantitative estimate of drug-likeness (QED) is 0.746. The third kappa shape index (κ3) is 6.25. The molecule has 6 nitrogen and oxygen atoms in total. The molecule has 0 aliphatic heterocycles. The highest BCUT2D eigenvalue weighted by Gasteiger charge is 2.22. The zero-order chi connectivity index (χ0) is 20.0. The fourth-order valence-electron chi connectivity index (χ4n) is 2.46. The Balaban J connectivity index is 1.98. The first-order valence-corrected chi connectivity index (χ1v) is 10.2. The SMILES string of the molecule is Cc1ccccc1OC[C@H](C)NC(=O)CN(c1cccc(F)c1)S(C)(=O)=O. The van der Waals surface area contributed by atoms with Crippen LogP contribution in [-0.4, -0.2) is 39.8 Å². The predicted molar refractivity (Wildman–Crippen MR) is 103 cm³/mol. The van der Waals surface area contributed by atoms with Crippen LogP contribution in [0.4, 0.5) is 10.1 Å². The molecule has 8 heteroatoms. The number of hydrogen-bond acceptors (Lipinski definition) is 4. The van der Waals surface area contributed by atoms with Gasteiger partial charge in [-0.3, -0.25) is 9.10 Å². The summed E-state index contributed by atoms with van der Waals surface area (Å²) in [6.45, 7) is 3.46. The number of amides is 1. The first kappa shape index (κ1) is 20.7. The van der Waals surface area contributed by atoms with Crippen molar-refractivity contribution in [1.29, 1.82) is 0 Å². The minimum Gasteiger partial charge on any atom is -0.491 e. The van der Waals surface area contributed by atoms with Gasteiger partial charge in [-0.25, -0.2) is 12.8 Å². The van der Waals surface area contributed by atoms with E-state index >= 15 is 0 Å². The molecule has 0 saturated carbocycles. The molecule has 2 aromatic carbocycles. The number of hydrogen-bond donors (Lipinski definition) is 1. The fourth-order valence-corrected chi connectivity index (χ4v) is 3.31. The fraction of sp³-hybridized carbons (Fsp3) is 0.316. The number of carbonyl (C=O) groups is 1. The Morgan fingerprint density at radius 3 is 2.56 bits per heavy atom. The summed E-state index contributed by atoms with van der Waals surface area (Å²) in [7, 11) is -3.75. The molecule has 0 heterocycles. The molecule has 2 aromatic rings. The Kier molecular flexibility index (Phi) is 6.79. The summed E-state index contributed by atoms with van der Waals surface area (Å²) in [6.07, 6.45) is 0.968. The first-order valence-electron chi connectivity index (χ1n) is 8.38. The maximum atomic E-state index is 13.4. The maximum Gasteiger partial charge on any atom is 0.241 e. The molecule has 146 valence electrons. The summed E-state index contributed by atoms with van der Waals surface area (Å²) in [5, 5.41) is 2.69. The molecule has 0 unspecified atom stereocenters. The molecule has 0 saturated heterocycles. The zero-order valence-electron chi connectivity index (χ0n) is 15.5. The number of halogens is 1. The van der Waals surface area contributed by atoms with Gasteiger partial charge in [0.2, 0.25) is 15.9 Å². The maximum absolute atomic E-state index is 13.4. The number of rotatable bonds is 8. The van der Waals surface area contributed by atoms with E-state index in [2.05, 4.69) is 5.32 Å². The molecule has 0 radical (unpaired) electrons. The number of carbonyl (C=O) groups excluding carboxylic acids is 1. The molecule has 1 N–H and O–H groups in total. The molecule has 27 heavy (non-hydrogen) atoms. The highest BCUT2D eigenvalue weighted by molar-refractivity contribution is 7.92. The van der Waals surface area contributed by atoms with Crippen LogP contribution in [0.15, 0.2) is 48.5 Å². The van der Waals surface area contributed by atoms with Gasteiger partial charge in [-0.1, -0.05) is 24.3 Å². The highest BCUT2D eigenvalue weighted by atomic mass is 32.2. The second-order valence-electron chi connectivity index (χ2n) is 6.29. The summed E-state index contributed by atoms with van der Waals surface area (Å²) >= 11 is 0. The van der Waals surface area contributed by atoms with Gasteiger partial charge >= 0.3 is 0 Å². The van der Waals surface area contributed by atoms with Crippen LogP contribution < -0.4 is 14.4 Å². The Hall–Kier alpha value is -2.61. The van der Waals surface area contributed by atoms with Crippen molar-refractivity contribution in [3.05, 3.63) is 59.9 Å². The molecule has 0 aromatic heterocycles. The Bertz CT molecular complexity index is 902. The number of nitrogens with one attached hydrogen (secondary N) is 1. The van der Waals surface area contributed by atoms with Crippen molar-refractivity contribution >= 4 is 21.6 Å². The molecule has 1 atom stereocenters. The summed E-state index contributed by atoms with van der Waals surface area (Å²) in [6, 6.07) is 12.3. The predicted octanol–water partition coefficient (Wildman–Crippen LogP) is 2.48. The smallest absolute Gasteiger partial charge is 0.241 e. The molecule has 0 aliphatic carbocycles. The third-order valence-electron chi connectivity index (χ3n) is 3.77. The zero-order valence-corrected chi connectivity index (χ0v) is 16.3. The van der Waals surface area contributed by atoms with Gasteiger partial charge in [0.15, 0.2) is 0 Å². The van der Waals surface area contributed by atoms with Crippen LogP contribution >= 0.6 is 0 Å². The van der Waals surface area contributed by atoms with E-state index in [0.29, 0.717) is 0 Å². The van der Waals surface area contributed by atoms with Gasteiger partial charge in [-0.2, -0.15) is 0 Å². The van der Waals surface area contributed by atoms with Crippen LogP contribution in [0.3, 0.4) is 0 Å². The van der Waals surface area contributed by atoms with Gasteiger partial charge in [0.05, 0.1) is 18.0 Å². The van der Waals surface area contributed by atoms with Crippen molar-refractivity contribution in [1.82, 2.24) is 5.32 Å². The molecule has 1 amide bonds. The van der Waals surface area contributed by atoms with E-state index in [-0.39, 0.29) is 18.3 Å². The van der Waals surface area contributed by atoms with Crippen molar-refractivity contribution < 1.29 is 22.3 Å². The van der Waals surface area contributed by atoms with E-state index in [1.54, 1.807) is 6.92 Å². The molecule has 0 aliphatic rings. The van der Waals surface area contributed by atoms with Crippen LogP contribution in [0.2, 0.25) is 0 Å². The van der Waals surface area contributed by atoms with Gasteiger partial charge in [-0.05, 0) is 43.7 Å². The van der Waals surface area contributed by atoms with Crippen molar-refractivity contribution in [2.75, 3.05) is 23.7 Å². The number of para-hydroxylation sites is 1. The largest absolute Gasteiger partial charge is 0.491 e. The van der Waals surface area contributed by atoms with Gasteiger partial charge in [0.1, 0.15) is 24.7 Å². The monoisotopic (exact) mass is 394 g/mol. The molecule has 0 bridgehead atoms. The van der Waals surface area contributed by atoms with E-state index in [4.69, 9.17) is 4.74 Å². The second-order valence-corrected chi connectivity index (χ2v) is 8.20. The van der Waals surface area contributed by atoms with Crippen LogP contribution in [0.1, 0.15) is 12.5 Å². The summed E-state index contributed by atoms with van der Waals surface area (Å²) < 4.78 is 44.0. The number of ether oxygens (including phenoxy) is 1. The average molecular weight is 394 g/mol. The number of aryl methyl sites for hydroxylation is 1. The lowest BCUT2D eigenvalue weighted by molar-refractivity contribution is -0.120. The average Bonchev–Trinajstić information content (AvgIpc) is 2.58. The first-order chi connectivity index (χ1) is 12.7. The highest BCUT2D eigenvalue weighted by Crippen LogP contribution is 2.18.